The van der Waals surface area contributed by atoms with Crippen LogP contribution in [0.4, 0.5) is 4.39 Å². The number of amides is 2. The number of carbonyl (C=O) groups excluding carboxylic acids is 2. The van der Waals surface area contributed by atoms with Crippen LogP contribution in [0.1, 0.15) is 85.8 Å². The van der Waals surface area contributed by atoms with Gasteiger partial charge in [0.15, 0.2) is 0 Å². The van der Waals surface area contributed by atoms with E-state index in [1.54, 1.807) is 24.3 Å². The number of aliphatic carboxylic acids is 1. The first kappa shape index (κ1) is 25.5. The SMILES string of the molecule is CCCC(c1ccc(C(=O)NCCC(=O)O)cc1)N1C(=O)C(c2ccc(F)cc2)=NC12CCCCC2. The minimum absolute atomic E-state index is 0.0582. The van der Waals surface area contributed by atoms with Crippen molar-refractivity contribution in [1.29, 1.82) is 0 Å². The summed E-state index contributed by atoms with van der Waals surface area (Å²) in [6.07, 6.45) is 6.10. The van der Waals surface area contributed by atoms with Crippen LogP contribution in [0.25, 0.3) is 0 Å². The third kappa shape index (κ3) is 5.32. The van der Waals surface area contributed by atoms with E-state index in [-0.39, 0.29) is 36.6 Å². The van der Waals surface area contributed by atoms with E-state index in [1.165, 1.54) is 12.1 Å². The Balaban J connectivity index is 1.63. The van der Waals surface area contributed by atoms with Crippen molar-refractivity contribution in [3.05, 3.63) is 71.0 Å². The van der Waals surface area contributed by atoms with Gasteiger partial charge in [-0.05, 0) is 74.1 Å². The normalized spacial score (nSPS) is 17.7. The van der Waals surface area contributed by atoms with Gasteiger partial charge in [0.25, 0.3) is 11.8 Å². The molecule has 190 valence electrons. The summed E-state index contributed by atoms with van der Waals surface area (Å²) in [5.41, 5.74) is 1.74. The number of hydrogen-bond donors (Lipinski definition) is 2. The average Bonchev–Trinajstić information content (AvgIpc) is 3.14. The fourth-order valence-corrected chi connectivity index (χ4v) is 5.27. The zero-order chi connectivity index (χ0) is 25.7. The molecule has 1 heterocycles. The molecule has 0 bridgehead atoms. The highest BCUT2D eigenvalue weighted by atomic mass is 19.1. The van der Waals surface area contributed by atoms with Crippen LogP contribution in [0, 0.1) is 5.82 Å². The number of benzene rings is 2. The number of nitrogens with zero attached hydrogens (tertiary/aromatic N) is 2. The smallest absolute Gasteiger partial charge is 0.305 e. The highest BCUT2D eigenvalue weighted by Gasteiger charge is 2.50. The molecule has 2 amide bonds. The van der Waals surface area contributed by atoms with Gasteiger partial charge < -0.3 is 15.3 Å². The molecule has 8 heteroatoms. The molecule has 1 unspecified atom stereocenters. The molecule has 0 aromatic heterocycles. The lowest BCUT2D eigenvalue weighted by molar-refractivity contribution is -0.137. The highest BCUT2D eigenvalue weighted by Crippen LogP contribution is 2.45. The molecular weight excluding hydrogens is 461 g/mol. The van der Waals surface area contributed by atoms with Crippen molar-refractivity contribution in [2.45, 2.75) is 70.0 Å². The summed E-state index contributed by atoms with van der Waals surface area (Å²) in [6.45, 7) is 2.13. The van der Waals surface area contributed by atoms with Crippen molar-refractivity contribution in [3.63, 3.8) is 0 Å². The minimum Gasteiger partial charge on any atom is -0.481 e. The van der Waals surface area contributed by atoms with Gasteiger partial charge in [-0.2, -0.15) is 0 Å². The van der Waals surface area contributed by atoms with Gasteiger partial charge in [-0.25, -0.2) is 4.39 Å². The zero-order valence-electron chi connectivity index (χ0n) is 20.5. The monoisotopic (exact) mass is 493 g/mol. The summed E-state index contributed by atoms with van der Waals surface area (Å²) in [5.74, 6) is -1.80. The summed E-state index contributed by atoms with van der Waals surface area (Å²) in [4.78, 5) is 43.9. The standard InChI is InChI=1S/C28H32FN3O4/c1-2-6-23(19-7-9-21(10-8-19)26(35)30-18-15-24(33)34)32-27(36)25(20-11-13-22(29)14-12-20)31-28(32)16-4-3-5-17-28/h7-14,23H,2-6,15-18H2,1H3,(H,30,35)(H,33,34). The molecule has 2 aliphatic rings. The molecule has 1 spiro atoms. The Labute approximate surface area is 210 Å². The summed E-state index contributed by atoms with van der Waals surface area (Å²) < 4.78 is 13.5. The third-order valence-electron chi connectivity index (χ3n) is 7.02. The molecule has 4 rings (SSSR count). The van der Waals surface area contributed by atoms with Gasteiger partial charge in [0.2, 0.25) is 0 Å². The fourth-order valence-electron chi connectivity index (χ4n) is 5.27. The minimum atomic E-state index is -0.970. The van der Waals surface area contributed by atoms with Crippen molar-refractivity contribution in [1.82, 2.24) is 10.2 Å². The van der Waals surface area contributed by atoms with Crippen molar-refractivity contribution in [2.75, 3.05) is 6.54 Å². The molecule has 1 atom stereocenters. The topological polar surface area (TPSA) is 99.1 Å². The van der Waals surface area contributed by atoms with Crippen LogP contribution in [0.15, 0.2) is 53.5 Å². The maximum absolute atomic E-state index is 13.9. The van der Waals surface area contributed by atoms with E-state index in [4.69, 9.17) is 10.1 Å². The Morgan fingerprint density at radius 1 is 1.08 bits per heavy atom. The van der Waals surface area contributed by atoms with Gasteiger partial charge in [0.1, 0.15) is 17.2 Å². The van der Waals surface area contributed by atoms with Crippen LogP contribution in [0.2, 0.25) is 0 Å². The second kappa shape index (κ2) is 11.0. The first-order valence-electron chi connectivity index (χ1n) is 12.6. The van der Waals surface area contributed by atoms with E-state index in [2.05, 4.69) is 12.2 Å². The molecule has 36 heavy (non-hydrogen) atoms. The molecule has 0 saturated heterocycles. The highest BCUT2D eigenvalue weighted by molar-refractivity contribution is 6.46. The molecule has 2 aromatic rings. The van der Waals surface area contributed by atoms with E-state index in [1.807, 2.05) is 17.0 Å². The largest absolute Gasteiger partial charge is 0.481 e. The lowest BCUT2D eigenvalue weighted by atomic mass is 9.86. The maximum Gasteiger partial charge on any atom is 0.305 e. The molecule has 2 N–H and O–H groups in total. The van der Waals surface area contributed by atoms with Gasteiger partial charge in [-0.3, -0.25) is 19.4 Å². The van der Waals surface area contributed by atoms with E-state index in [0.29, 0.717) is 16.8 Å². The molecule has 1 fully saturated rings. The molecule has 7 nitrogen and oxygen atoms in total. The number of rotatable bonds is 9. The molecule has 0 radical (unpaired) electrons. The van der Waals surface area contributed by atoms with Gasteiger partial charge >= 0.3 is 5.97 Å². The summed E-state index contributed by atoms with van der Waals surface area (Å²) in [5, 5.41) is 11.4. The lowest BCUT2D eigenvalue weighted by Crippen LogP contribution is -2.50. The van der Waals surface area contributed by atoms with Crippen LogP contribution in [0.5, 0.6) is 0 Å². The van der Waals surface area contributed by atoms with Crippen molar-refractivity contribution >= 4 is 23.5 Å². The van der Waals surface area contributed by atoms with Gasteiger partial charge in [-0.15, -0.1) is 0 Å². The van der Waals surface area contributed by atoms with Crippen molar-refractivity contribution in [3.8, 4) is 0 Å². The number of aliphatic imine (C=N–C) groups is 1. The second-order valence-corrected chi connectivity index (χ2v) is 9.51. The Kier molecular flexibility index (Phi) is 7.82. The van der Waals surface area contributed by atoms with Crippen LogP contribution in [-0.2, 0) is 9.59 Å². The number of halogens is 1. The first-order chi connectivity index (χ1) is 17.3. The average molecular weight is 494 g/mol. The predicted octanol–water partition coefficient (Wildman–Crippen LogP) is 4.86. The Morgan fingerprint density at radius 2 is 1.75 bits per heavy atom. The zero-order valence-corrected chi connectivity index (χ0v) is 20.5. The lowest BCUT2D eigenvalue weighted by Gasteiger charge is -2.44. The van der Waals surface area contributed by atoms with Crippen molar-refractivity contribution < 1.29 is 23.9 Å². The Morgan fingerprint density at radius 3 is 2.36 bits per heavy atom. The van der Waals surface area contributed by atoms with Crippen LogP contribution in [-0.4, -0.2) is 45.7 Å². The van der Waals surface area contributed by atoms with Crippen LogP contribution < -0.4 is 5.32 Å². The number of carbonyl (C=O) groups is 3. The number of hydrogen-bond acceptors (Lipinski definition) is 4. The second-order valence-electron chi connectivity index (χ2n) is 9.51. The molecule has 1 aliphatic carbocycles. The molecular formula is C28H32FN3O4. The molecule has 2 aromatic carbocycles. The van der Waals surface area contributed by atoms with Gasteiger partial charge in [0.05, 0.1) is 12.5 Å². The Hall–Kier alpha value is -3.55. The first-order valence-corrected chi connectivity index (χ1v) is 12.6. The van der Waals surface area contributed by atoms with Crippen LogP contribution >= 0.6 is 0 Å². The quantitative estimate of drug-likeness (QED) is 0.521. The molecule has 1 saturated carbocycles. The van der Waals surface area contributed by atoms with E-state index in [9.17, 15) is 18.8 Å². The van der Waals surface area contributed by atoms with E-state index < -0.39 is 11.6 Å². The van der Waals surface area contributed by atoms with Gasteiger partial charge in [-0.1, -0.05) is 31.9 Å². The maximum atomic E-state index is 13.9. The fraction of sp³-hybridized carbons (Fsp3) is 0.429. The predicted molar refractivity (Wildman–Crippen MR) is 134 cm³/mol. The van der Waals surface area contributed by atoms with Gasteiger partial charge in [0, 0.05) is 17.7 Å². The van der Waals surface area contributed by atoms with Crippen LogP contribution in [0.3, 0.4) is 0 Å². The molecule has 1 aliphatic heterocycles. The van der Waals surface area contributed by atoms with E-state index in [0.717, 1.165) is 50.5 Å². The summed E-state index contributed by atoms with van der Waals surface area (Å²) in [6, 6.07) is 12.9. The number of carboxylic acids is 1. The number of carboxylic acid groups (broad SMARTS) is 1. The third-order valence-corrected chi connectivity index (χ3v) is 7.02. The Bertz CT molecular complexity index is 1140. The summed E-state index contributed by atoms with van der Waals surface area (Å²) >= 11 is 0. The summed E-state index contributed by atoms with van der Waals surface area (Å²) in [7, 11) is 0. The number of nitrogens with one attached hydrogen (secondary N) is 1. The van der Waals surface area contributed by atoms with E-state index >= 15 is 0 Å². The van der Waals surface area contributed by atoms with Crippen molar-refractivity contribution in [2.24, 2.45) is 4.99 Å².